The minimum Gasteiger partial charge on any atom is -0.410 e. The van der Waals surface area contributed by atoms with Crippen molar-refractivity contribution < 1.29 is 9.53 Å². The largest absolute Gasteiger partial charge is 0.415 e. The van der Waals surface area contributed by atoms with Crippen LogP contribution in [0.4, 0.5) is 4.79 Å². The fourth-order valence-electron chi connectivity index (χ4n) is 3.94. The molecule has 1 aliphatic rings. The van der Waals surface area contributed by atoms with Crippen LogP contribution in [0.15, 0.2) is 66.9 Å². The highest BCUT2D eigenvalue weighted by molar-refractivity contribution is 5.79. The smallest absolute Gasteiger partial charge is 0.410 e. The van der Waals surface area contributed by atoms with E-state index in [1.54, 1.807) is 0 Å². The number of rotatable bonds is 5. The molecule has 0 atom stereocenters. The molecule has 4 nitrogen and oxygen atoms in total. The maximum Gasteiger partial charge on any atom is 0.415 e. The van der Waals surface area contributed by atoms with E-state index in [1.165, 1.54) is 23.7 Å². The van der Waals surface area contributed by atoms with Crippen molar-refractivity contribution in [1.82, 2.24) is 9.47 Å². The van der Waals surface area contributed by atoms with E-state index in [1.807, 2.05) is 35.2 Å². The molecule has 1 aromatic heterocycles. The van der Waals surface area contributed by atoms with E-state index in [4.69, 9.17) is 4.74 Å². The van der Waals surface area contributed by atoms with Gasteiger partial charge < -0.3 is 14.2 Å². The molecule has 0 saturated carbocycles. The summed E-state index contributed by atoms with van der Waals surface area (Å²) in [5.41, 5.74) is 1.32. The average molecular weight is 362 g/mol. The number of piperidine rings is 1. The number of nitrogens with zero attached hydrogens (tertiary/aromatic N) is 2. The zero-order valence-corrected chi connectivity index (χ0v) is 15.6. The first-order valence-electron chi connectivity index (χ1n) is 9.85. The van der Waals surface area contributed by atoms with Gasteiger partial charge in [0, 0.05) is 31.3 Å². The number of benzene rings is 2. The Balaban J connectivity index is 1.21. The lowest BCUT2D eigenvalue weighted by Gasteiger charge is -2.31. The third kappa shape index (κ3) is 4.33. The Labute approximate surface area is 160 Å². The molecule has 1 aliphatic heterocycles. The van der Waals surface area contributed by atoms with Gasteiger partial charge in [0.15, 0.2) is 0 Å². The Morgan fingerprint density at radius 2 is 1.70 bits per heavy atom. The number of para-hydroxylation sites is 2. The molecule has 2 heterocycles. The minimum atomic E-state index is -0.224. The zero-order valence-electron chi connectivity index (χ0n) is 15.6. The zero-order chi connectivity index (χ0) is 18.5. The van der Waals surface area contributed by atoms with Crippen LogP contribution in [0.5, 0.6) is 5.75 Å². The lowest BCUT2D eigenvalue weighted by atomic mass is 9.92. The summed E-state index contributed by atoms with van der Waals surface area (Å²) in [6, 6.07) is 20.0. The fraction of sp³-hybridized carbons (Fsp3) is 0.348. The number of aromatic nitrogens is 1. The predicted molar refractivity (Wildman–Crippen MR) is 108 cm³/mol. The topological polar surface area (TPSA) is 34.5 Å². The molecule has 0 unspecified atom stereocenters. The van der Waals surface area contributed by atoms with Gasteiger partial charge >= 0.3 is 6.09 Å². The lowest BCUT2D eigenvalue weighted by Crippen LogP contribution is -2.40. The number of fused-ring (bicyclic) bond motifs is 1. The third-order valence-electron chi connectivity index (χ3n) is 5.51. The lowest BCUT2D eigenvalue weighted by molar-refractivity contribution is 0.129. The standard InChI is InChI=1S/C23H26N2O2/c26-23(27-21-9-2-1-3-10-21)25-16-12-19(13-17-25)7-6-15-24-18-14-20-8-4-5-11-22(20)24/h1-5,8-11,14,18-19H,6-7,12-13,15-17H2. The van der Waals surface area contributed by atoms with Crippen molar-refractivity contribution >= 4 is 17.0 Å². The van der Waals surface area contributed by atoms with E-state index in [2.05, 4.69) is 41.1 Å². The van der Waals surface area contributed by atoms with Crippen molar-refractivity contribution in [3.8, 4) is 5.75 Å². The van der Waals surface area contributed by atoms with Gasteiger partial charge in [-0.05, 0) is 61.3 Å². The summed E-state index contributed by atoms with van der Waals surface area (Å²) >= 11 is 0. The number of hydrogen-bond acceptors (Lipinski definition) is 2. The van der Waals surface area contributed by atoms with E-state index in [-0.39, 0.29) is 6.09 Å². The molecule has 0 spiro atoms. The number of carbonyl (C=O) groups is 1. The Kier molecular flexibility index (Phi) is 5.42. The van der Waals surface area contributed by atoms with E-state index in [0.717, 1.165) is 32.5 Å². The molecule has 0 N–H and O–H groups in total. The molecular weight excluding hydrogens is 336 g/mol. The highest BCUT2D eigenvalue weighted by Crippen LogP contribution is 2.24. The maximum atomic E-state index is 12.3. The van der Waals surface area contributed by atoms with Crippen molar-refractivity contribution in [3.05, 3.63) is 66.9 Å². The van der Waals surface area contributed by atoms with Gasteiger partial charge in [0.1, 0.15) is 5.75 Å². The molecule has 0 aliphatic carbocycles. The maximum absolute atomic E-state index is 12.3. The van der Waals surface area contributed by atoms with Gasteiger partial charge in [0.2, 0.25) is 0 Å². The van der Waals surface area contributed by atoms with Crippen LogP contribution >= 0.6 is 0 Å². The summed E-state index contributed by atoms with van der Waals surface area (Å²) in [7, 11) is 0. The molecule has 1 fully saturated rings. The van der Waals surface area contributed by atoms with Crippen LogP contribution < -0.4 is 4.74 Å². The van der Waals surface area contributed by atoms with Crippen LogP contribution in [0, 0.1) is 5.92 Å². The Hall–Kier alpha value is -2.75. The van der Waals surface area contributed by atoms with Crippen LogP contribution in [-0.4, -0.2) is 28.6 Å². The first-order valence-corrected chi connectivity index (χ1v) is 9.85. The van der Waals surface area contributed by atoms with Gasteiger partial charge in [-0.15, -0.1) is 0 Å². The van der Waals surface area contributed by atoms with Crippen molar-refractivity contribution in [3.63, 3.8) is 0 Å². The Morgan fingerprint density at radius 3 is 2.52 bits per heavy atom. The molecule has 140 valence electrons. The first-order chi connectivity index (χ1) is 13.3. The highest BCUT2D eigenvalue weighted by atomic mass is 16.6. The van der Waals surface area contributed by atoms with Crippen LogP contribution in [0.2, 0.25) is 0 Å². The monoisotopic (exact) mass is 362 g/mol. The summed E-state index contributed by atoms with van der Waals surface area (Å²) in [6.07, 6.45) is 6.49. The third-order valence-corrected chi connectivity index (χ3v) is 5.51. The average Bonchev–Trinajstić information content (AvgIpc) is 3.12. The Morgan fingerprint density at radius 1 is 0.963 bits per heavy atom. The number of carbonyl (C=O) groups excluding carboxylic acids is 1. The molecule has 2 aromatic carbocycles. The molecule has 3 aromatic rings. The summed E-state index contributed by atoms with van der Waals surface area (Å²) < 4.78 is 7.79. The van der Waals surface area contributed by atoms with Gasteiger partial charge in [-0.25, -0.2) is 4.79 Å². The van der Waals surface area contributed by atoms with Gasteiger partial charge in [-0.1, -0.05) is 36.4 Å². The number of aryl methyl sites for hydroxylation is 1. The minimum absolute atomic E-state index is 0.224. The summed E-state index contributed by atoms with van der Waals surface area (Å²) in [4.78, 5) is 14.1. The van der Waals surface area contributed by atoms with E-state index < -0.39 is 0 Å². The quantitative estimate of drug-likeness (QED) is 0.614. The fourth-order valence-corrected chi connectivity index (χ4v) is 3.94. The summed E-state index contributed by atoms with van der Waals surface area (Å²) in [5, 5.41) is 1.31. The van der Waals surface area contributed by atoms with Crippen molar-refractivity contribution in [2.75, 3.05) is 13.1 Å². The molecule has 0 bridgehead atoms. The molecule has 27 heavy (non-hydrogen) atoms. The number of hydrogen-bond donors (Lipinski definition) is 0. The van der Waals surface area contributed by atoms with E-state index in [9.17, 15) is 4.79 Å². The second-order valence-electron chi connectivity index (χ2n) is 7.32. The normalized spacial score (nSPS) is 15.2. The molecule has 4 rings (SSSR count). The number of amides is 1. The second-order valence-corrected chi connectivity index (χ2v) is 7.32. The first kappa shape index (κ1) is 17.7. The van der Waals surface area contributed by atoms with E-state index in [0.29, 0.717) is 11.7 Å². The molecule has 0 radical (unpaired) electrons. The Bertz CT molecular complexity index is 880. The molecule has 4 heteroatoms. The summed E-state index contributed by atoms with van der Waals surface area (Å²) in [6.45, 7) is 2.65. The number of likely N-dealkylation sites (tertiary alicyclic amines) is 1. The van der Waals surface area contributed by atoms with Crippen molar-refractivity contribution in [1.29, 1.82) is 0 Å². The molecule has 1 amide bonds. The number of ether oxygens (including phenoxy) is 1. The van der Waals surface area contributed by atoms with Crippen LogP contribution in [0.3, 0.4) is 0 Å². The van der Waals surface area contributed by atoms with E-state index >= 15 is 0 Å². The van der Waals surface area contributed by atoms with Gasteiger partial charge in [0.05, 0.1) is 0 Å². The van der Waals surface area contributed by atoms with Crippen LogP contribution in [0.25, 0.3) is 10.9 Å². The van der Waals surface area contributed by atoms with Crippen LogP contribution in [0.1, 0.15) is 25.7 Å². The van der Waals surface area contributed by atoms with Gasteiger partial charge in [-0.2, -0.15) is 0 Å². The van der Waals surface area contributed by atoms with Crippen molar-refractivity contribution in [2.45, 2.75) is 32.2 Å². The van der Waals surface area contributed by atoms with Gasteiger partial charge in [-0.3, -0.25) is 0 Å². The second kappa shape index (κ2) is 8.30. The van der Waals surface area contributed by atoms with Crippen LogP contribution in [-0.2, 0) is 6.54 Å². The SMILES string of the molecule is O=C(Oc1ccccc1)N1CCC(CCCn2ccc3ccccc32)CC1. The highest BCUT2D eigenvalue weighted by Gasteiger charge is 2.23. The summed E-state index contributed by atoms with van der Waals surface area (Å²) in [5.74, 6) is 1.32. The molecular formula is C23H26N2O2. The van der Waals surface area contributed by atoms with Crippen molar-refractivity contribution in [2.24, 2.45) is 5.92 Å². The molecule has 1 saturated heterocycles. The van der Waals surface area contributed by atoms with Gasteiger partial charge in [0.25, 0.3) is 0 Å². The predicted octanol–water partition coefficient (Wildman–Crippen LogP) is 5.33.